The van der Waals surface area contributed by atoms with Crippen LogP contribution in [0.4, 0.5) is 0 Å². The quantitative estimate of drug-likeness (QED) is 0.933. The van der Waals surface area contributed by atoms with Gasteiger partial charge < -0.3 is 9.84 Å². The van der Waals surface area contributed by atoms with E-state index in [0.717, 1.165) is 10.9 Å². The minimum absolute atomic E-state index is 0.0659. The zero-order valence-electron chi connectivity index (χ0n) is 11.0. The predicted molar refractivity (Wildman–Crippen MR) is 80.4 cm³/mol. The SMILES string of the molecule is OC(CC1OCCc2ccccc21)c1ncccc1Br. The maximum absolute atomic E-state index is 10.4. The molecule has 0 fully saturated rings. The van der Waals surface area contributed by atoms with Crippen LogP contribution in [0.5, 0.6) is 0 Å². The van der Waals surface area contributed by atoms with Gasteiger partial charge in [0.1, 0.15) is 0 Å². The maximum atomic E-state index is 10.4. The molecule has 0 radical (unpaired) electrons. The number of rotatable bonds is 3. The number of hydrogen-bond acceptors (Lipinski definition) is 3. The van der Waals surface area contributed by atoms with Gasteiger partial charge in [-0.3, -0.25) is 4.98 Å². The number of nitrogens with zero attached hydrogens (tertiary/aromatic N) is 1. The van der Waals surface area contributed by atoms with E-state index in [-0.39, 0.29) is 6.10 Å². The van der Waals surface area contributed by atoms with Gasteiger partial charge in [0.15, 0.2) is 0 Å². The van der Waals surface area contributed by atoms with E-state index in [4.69, 9.17) is 4.74 Å². The topological polar surface area (TPSA) is 42.4 Å². The fourth-order valence-electron chi connectivity index (χ4n) is 2.63. The van der Waals surface area contributed by atoms with Crippen molar-refractivity contribution >= 4 is 15.9 Å². The summed E-state index contributed by atoms with van der Waals surface area (Å²) < 4.78 is 6.66. The standard InChI is InChI=1S/C16H16BrNO2/c17-13-6-3-8-18-16(13)14(19)10-15-12-5-2-1-4-11(12)7-9-20-15/h1-6,8,14-15,19H,7,9-10H2. The molecular weight excluding hydrogens is 318 g/mol. The third-order valence-corrected chi connectivity index (χ3v) is 4.30. The number of fused-ring (bicyclic) bond motifs is 1. The Bertz CT molecular complexity index is 603. The van der Waals surface area contributed by atoms with Crippen molar-refractivity contribution in [1.82, 2.24) is 4.98 Å². The number of aliphatic hydroxyl groups is 1. The number of hydrogen-bond donors (Lipinski definition) is 1. The Morgan fingerprint density at radius 2 is 2.15 bits per heavy atom. The number of aromatic nitrogens is 1. The summed E-state index contributed by atoms with van der Waals surface area (Å²) in [5.74, 6) is 0. The fraction of sp³-hybridized carbons (Fsp3) is 0.312. The summed E-state index contributed by atoms with van der Waals surface area (Å²) >= 11 is 3.43. The van der Waals surface area contributed by atoms with Crippen LogP contribution >= 0.6 is 15.9 Å². The van der Waals surface area contributed by atoms with Gasteiger partial charge in [0.2, 0.25) is 0 Å². The average Bonchev–Trinajstić information content (AvgIpc) is 2.48. The van der Waals surface area contributed by atoms with Gasteiger partial charge in [-0.1, -0.05) is 24.3 Å². The molecule has 1 aromatic carbocycles. The molecule has 20 heavy (non-hydrogen) atoms. The summed E-state index contributed by atoms with van der Waals surface area (Å²) in [6.45, 7) is 0.706. The summed E-state index contributed by atoms with van der Waals surface area (Å²) in [6.07, 6.45) is 2.45. The maximum Gasteiger partial charge on any atom is 0.0999 e. The van der Waals surface area contributed by atoms with Crippen molar-refractivity contribution < 1.29 is 9.84 Å². The lowest BCUT2D eigenvalue weighted by molar-refractivity contribution is 0.00264. The van der Waals surface area contributed by atoms with E-state index >= 15 is 0 Å². The number of aliphatic hydroxyl groups excluding tert-OH is 1. The molecule has 0 saturated carbocycles. The minimum atomic E-state index is -0.637. The third kappa shape index (κ3) is 2.77. The lowest BCUT2D eigenvalue weighted by Gasteiger charge is -2.27. The lowest BCUT2D eigenvalue weighted by Crippen LogP contribution is -2.18. The van der Waals surface area contributed by atoms with Gasteiger partial charge in [0, 0.05) is 17.1 Å². The normalized spacial score (nSPS) is 19.4. The summed E-state index contributed by atoms with van der Waals surface area (Å²) in [4.78, 5) is 4.25. The first-order valence-corrected chi connectivity index (χ1v) is 7.53. The zero-order chi connectivity index (χ0) is 13.9. The van der Waals surface area contributed by atoms with E-state index in [0.29, 0.717) is 18.7 Å². The molecular formula is C16H16BrNO2. The second-order valence-electron chi connectivity index (χ2n) is 4.93. The van der Waals surface area contributed by atoms with Gasteiger partial charge in [-0.15, -0.1) is 0 Å². The Morgan fingerprint density at radius 3 is 3.00 bits per heavy atom. The second kappa shape index (κ2) is 6.04. The molecule has 3 nitrogen and oxygen atoms in total. The molecule has 2 atom stereocenters. The van der Waals surface area contributed by atoms with E-state index in [1.807, 2.05) is 24.3 Å². The molecule has 1 aliphatic heterocycles. The molecule has 4 heteroatoms. The number of benzene rings is 1. The van der Waals surface area contributed by atoms with Gasteiger partial charge in [-0.25, -0.2) is 0 Å². The molecule has 2 aromatic rings. The Kier molecular flexibility index (Phi) is 4.15. The van der Waals surface area contributed by atoms with E-state index in [1.165, 1.54) is 11.1 Å². The number of pyridine rings is 1. The molecule has 2 unspecified atom stereocenters. The molecule has 2 heterocycles. The van der Waals surface area contributed by atoms with E-state index in [9.17, 15) is 5.11 Å². The Balaban J connectivity index is 1.81. The van der Waals surface area contributed by atoms with Crippen LogP contribution in [-0.2, 0) is 11.2 Å². The van der Waals surface area contributed by atoms with Gasteiger partial charge in [0.25, 0.3) is 0 Å². The molecule has 1 aromatic heterocycles. The average molecular weight is 334 g/mol. The molecule has 0 bridgehead atoms. The van der Waals surface area contributed by atoms with Crippen LogP contribution in [0.25, 0.3) is 0 Å². The molecule has 3 rings (SSSR count). The van der Waals surface area contributed by atoms with Crippen LogP contribution in [0.1, 0.15) is 35.4 Å². The van der Waals surface area contributed by atoms with Crippen LogP contribution in [0.15, 0.2) is 47.1 Å². The van der Waals surface area contributed by atoms with Crippen molar-refractivity contribution in [2.45, 2.75) is 25.0 Å². The first-order chi connectivity index (χ1) is 9.75. The largest absolute Gasteiger partial charge is 0.387 e. The summed E-state index contributed by atoms with van der Waals surface area (Å²) in [5, 5.41) is 10.4. The highest BCUT2D eigenvalue weighted by molar-refractivity contribution is 9.10. The molecule has 0 aliphatic carbocycles. The van der Waals surface area contributed by atoms with Crippen molar-refractivity contribution in [2.75, 3.05) is 6.61 Å². The van der Waals surface area contributed by atoms with Gasteiger partial charge in [0.05, 0.1) is 24.5 Å². The van der Waals surface area contributed by atoms with Gasteiger partial charge >= 0.3 is 0 Å². The lowest BCUT2D eigenvalue weighted by atomic mass is 9.93. The summed E-state index contributed by atoms with van der Waals surface area (Å²) in [6, 6.07) is 12.0. The van der Waals surface area contributed by atoms with Crippen LogP contribution in [0.3, 0.4) is 0 Å². The molecule has 1 aliphatic rings. The Hall–Kier alpha value is -1.23. The fourth-order valence-corrected chi connectivity index (χ4v) is 3.15. The van der Waals surface area contributed by atoms with Crippen molar-refractivity contribution in [2.24, 2.45) is 0 Å². The van der Waals surface area contributed by atoms with Gasteiger partial charge in [-0.05, 0) is 45.6 Å². The van der Waals surface area contributed by atoms with E-state index in [1.54, 1.807) is 6.20 Å². The Morgan fingerprint density at radius 1 is 1.30 bits per heavy atom. The van der Waals surface area contributed by atoms with Crippen LogP contribution in [0, 0.1) is 0 Å². The van der Waals surface area contributed by atoms with E-state index < -0.39 is 6.10 Å². The highest BCUT2D eigenvalue weighted by atomic mass is 79.9. The van der Waals surface area contributed by atoms with E-state index in [2.05, 4.69) is 33.0 Å². The highest BCUT2D eigenvalue weighted by Crippen LogP contribution is 2.35. The van der Waals surface area contributed by atoms with Crippen molar-refractivity contribution in [3.63, 3.8) is 0 Å². The van der Waals surface area contributed by atoms with Crippen molar-refractivity contribution in [1.29, 1.82) is 0 Å². The molecule has 0 spiro atoms. The van der Waals surface area contributed by atoms with Gasteiger partial charge in [-0.2, -0.15) is 0 Å². The zero-order valence-corrected chi connectivity index (χ0v) is 12.6. The second-order valence-corrected chi connectivity index (χ2v) is 5.78. The monoisotopic (exact) mass is 333 g/mol. The Labute approximate surface area is 126 Å². The first kappa shape index (κ1) is 13.7. The molecule has 1 N–H and O–H groups in total. The van der Waals surface area contributed by atoms with Crippen LogP contribution in [-0.4, -0.2) is 16.7 Å². The first-order valence-electron chi connectivity index (χ1n) is 6.73. The summed E-state index contributed by atoms with van der Waals surface area (Å²) in [5.41, 5.74) is 3.17. The van der Waals surface area contributed by atoms with Crippen molar-refractivity contribution in [3.05, 3.63) is 63.9 Å². The summed E-state index contributed by atoms with van der Waals surface area (Å²) in [7, 11) is 0. The minimum Gasteiger partial charge on any atom is -0.387 e. The third-order valence-electron chi connectivity index (χ3n) is 3.63. The molecule has 0 amide bonds. The highest BCUT2D eigenvalue weighted by Gasteiger charge is 2.25. The number of ether oxygens (including phenoxy) is 1. The van der Waals surface area contributed by atoms with Crippen LogP contribution in [0.2, 0.25) is 0 Å². The molecule has 0 saturated heterocycles. The van der Waals surface area contributed by atoms with Crippen LogP contribution < -0.4 is 0 Å². The smallest absolute Gasteiger partial charge is 0.0999 e. The van der Waals surface area contributed by atoms with Crippen molar-refractivity contribution in [3.8, 4) is 0 Å². The number of halogens is 1. The predicted octanol–water partition coefficient (Wildman–Crippen LogP) is 3.58. The molecule has 104 valence electrons.